The lowest BCUT2D eigenvalue weighted by molar-refractivity contribution is 0.158. The first kappa shape index (κ1) is 17.4. The topological polar surface area (TPSA) is 39.7 Å². The molecule has 2 rings (SSSR count). The van der Waals surface area contributed by atoms with Crippen LogP contribution < -0.4 is 15.5 Å². The van der Waals surface area contributed by atoms with Gasteiger partial charge < -0.3 is 15.5 Å². The lowest BCUT2D eigenvalue weighted by atomic mass is 10.2. The lowest BCUT2D eigenvalue weighted by Gasteiger charge is -2.21. The van der Waals surface area contributed by atoms with E-state index in [1.807, 2.05) is 6.92 Å². The van der Waals surface area contributed by atoms with E-state index in [1.165, 1.54) is 18.2 Å². The van der Waals surface area contributed by atoms with Crippen LogP contribution in [-0.4, -0.2) is 44.6 Å². The van der Waals surface area contributed by atoms with Crippen LogP contribution in [0.15, 0.2) is 23.2 Å². The van der Waals surface area contributed by atoms with Gasteiger partial charge in [0.25, 0.3) is 6.43 Å². The number of nitrogens with zero attached hydrogens (tertiary/aromatic N) is 2. The van der Waals surface area contributed by atoms with Crippen LogP contribution in [-0.2, 0) is 0 Å². The maximum Gasteiger partial charge on any atom is 0.257 e. The van der Waals surface area contributed by atoms with Crippen LogP contribution in [0.5, 0.6) is 0 Å². The fourth-order valence-corrected chi connectivity index (χ4v) is 2.55. The molecule has 0 saturated carbocycles. The highest BCUT2D eigenvalue weighted by molar-refractivity contribution is 5.80. The van der Waals surface area contributed by atoms with E-state index < -0.39 is 24.6 Å². The molecule has 2 N–H and O–H groups in total. The normalized spacial score (nSPS) is 18.6. The molecule has 23 heavy (non-hydrogen) atoms. The van der Waals surface area contributed by atoms with Crippen LogP contribution in [0.25, 0.3) is 0 Å². The molecule has 1 aliphatic rings. The Balaban J connectivity index is 2.00. The number of anilines is 1. The Morgan fingerprint density at radius 2 is 2.04 bits per heavy atom. The van der Waals surface area contributed by atoms with Crippen molar-refractivity contribution < 1.29 is 17.6 Å². The summed E-state index contributed by atoms with van der Waals surface area (Å²) in [5.41, 5.74) is -0.0497. The fourth-order valence-electron chi connectivity index (χ4n) is 2.55. The van der Waals surface area contributed by atoms with Gasteiger partial charge in [0.05, 0.1) is 0 Å². The number of aliphatic imine (C=N–C) groups is 1. The van der Waals surface area contributed by atoms with Crippen LogP contribution in [0, 0.1) is 11.6 Å². The molecular weight excluding hydrogens is 312 g/mol. The smallest absolute Gasteiger partial charge is 0.257 e. The lowest BCUT2D eigenvalue weighted by Crippen LogP contribution is -2.45. The summed E-state index contributed by atoms with van der Waals surface area (Å²) < 4.78 is 52.1. The zero-order valence-electron chi connectivity index (χ0n) is 12.8. The largest absolute Gasteiger partial charge is 0.365 e. The highest BCUT2D eigenvalue weighted by atomic mass is 19.3. The standard InChI is InChI=1S/C15H20F4N4/c1-2-20-15(21-8-13(18)19)22-10-6-7-23(9-10)14-11(16)4-3-5-12(14)17/h3-5,10,13H,2,6-9H2,1H3,(H2,20,21,22). The highest BCUT2D eigenvalue weighted by Crippen LogP contribution is 2.26. The van der Waals surface area contributed by atoms with Gasteiger partial charge in [-0.05, 0) is 25.5 Å². The second kappa shape index (κ2) is 8.03. The van der Waals surface area contributed by atoms with Crippen molar-refractivity contribution in [2.75, 3.05) is 31.1 Å². The summed E-state index contributed by atoms with van der Waals surface area (Å²) in [5.74, 6) is -0.929. The highest BCUT2D eigenvalue weighted by Gasteiger charge is 2.27. The zero-order chi connectivity index (χ0) is 16.8. The number of nitrogens with one attached hydrogen (secondary N) is 2. The Morgan fingerprint density at radius 3 is 2.65 bits per heavy atom. The van der Waals surface area contributed by atoms with Gasteiger partial charge in [0.2, 0.25) is 0 Å². The van der Waals surface area contributed by atoms with E-state index in [1.54, 1.807) is 4.90 Å². The van der Waals surface area contributed by atoms with Crippen molar-refractivity contribution in [1.82, 2.24) is 10.6 Å². The van der Waals surface area contributed by atoms with E-state index in [0.29, 0.717) is 26.1 Å². The third kappa shape index (κ3) is 4.74. The minimum atomic E-state index is -2.52. The number of halogens is 4. The van der Waals surface area contributed by atoms with E-state index in [2.05, 4.69) is 15.6 Å². The SMILES string of the molecule is CCNC(=NCC(F)F)NC1CCN(c2c(F)cccc2F)C1. The minimum absolute atomic E-state index is 0.0497. The van der Waals surface area contributed by atoms with Gasteiger partial charge in [-0.1, -0.05) is 6.07 Å². The maximum absolute atomic E-state index is 13.8. The molecular formula is C15H20F4N4. The molecule has 0 bridgehead atoms. The average Bonchev–Trinajstić information content (AvgIpc) is 2.93. The first-order valence-electron chi connectivity index (χ1n) is 7.53. The first-order chi connectivity index (χ1) is 11.0. The molecule has 1 fully saturated rings. The number of guanidine groups is 1. The van der Waals surface area contributed by atoms with E-state index in [-0.39, 0.29) is 17.7 Å². The van der Waals surface area contributed by atoms with Gasteiger partial charge in [0.1, 0.15) is 23.9 Å². The number of hydrogen-bond donors (Lipinski definition) is 2. The molecule has 0 spiro atoms. The Labute approximate surface area is 132 Å². The Kier molecular flexibility index (Phi) is 6.06. The van der Waals surface area contributed by atoms with Crippen LogP contribution in [0.4, 0.5) is 23.2 Å². The number of rotatable bonds is 5. The molecule has 128 valence electrons. The van der Waals surface area contributed by atoms with Crippen LogP contribution in [0.2, 0.25) is 0 Å². The summed E-state index contributed by atoms with van der Waals surface area (Å²) in [7, 11) is 0. The quantitative estimate of drug-likeness (QED) is 0.494. The molecule has 1 aliphatic heterocycles. The Bertz CT molecular complexity index is 530. The van der Waals surface area contributed by atoms with Gasteiger partial charge in [-0.15, -0.1) is 0 Å². The molecule has 1 saturated heterocycles. The van der Waals surface area contributed by atoms with E-state index >= 15 is 0 Å². The van der Waals surface area contributed by atoms with Crippen molar-refractivity contribution in [3.63, 3.8) is 0 Å². The number of para-hydroxylation sites is 1. The zero-order valence-corrected chi connectivity index (χ0v) is 12.8. The van der Waals surface area contributed by atoms with E-state index in [9.17, 15) is 17.6 Å². The number of hydrogen-bond acceptors (Lipinski definition) is 2. The van der Waals surface area contributed by atoms with E-state index in [0.717, 1.165) is 0 Å². The van der Waals surface area contributed by atoms with Crippen molar-refractivity contribution >= 4 is 11.6 Å². The molecule has 4 nitrogen and oxygen atoms in total. The second-order valence-corrected chi connectivity index (χ2v) is 5.26. The third-order valence-corrected chi connectivity index (χ3v) is 3.51. The van der Waals surface area contributed by atoms with Gasteiger partial charge in [0, 0.05) is 25.7 Å². The summed E-state index contributed by atoms with van der Waals surface area (Å²) in [6.07, 6.45) is -1.88. The summed E-state index contributed by atoms with van der Waals surface area (Å²) in [6, 6.07) is 3.63. The molecule has 0 amide bonds. The Morgan fingerprint density at radius 1 is 1.35 bits per heavy atom. The first-order valence-corrected chi connectivity index (χ1v) is 7.53. The molecule has 0 aliphatic carbocycles. The summed E-state index contributed by atoms with van der Waals surface area (Å²) in [5, 5.41) is 5.91. The fraction of sp³-hybridized carbons (Fsp3) is 0.533. The third-order valence-electron chi connectivity index (χ3n) is 3.51. The maximum atomic E-state index is 13.8. The van der Waals surface area contributed by atoms with Crippen molar-refractivity contribution in [2.24, 2.45) is 4.99 Å². The van der Waals surface area contributed by atoms with Crippen LogP contribution in [0.1, 0.15) is 13.3 Å². The monoisotopic (exact) mass is 332 g/mol. The molecule has 1 aromatic carbocycles. The minimum Gasteiger partial charge on any atom is -0.365 e. The van der Waals surface area contributed by atoms with Crippen molar-refractivity contribution in [3.05, 3.63) is 29.8 Å². The second-order valence-electron chi connectivity index (χ2n) is 5.26. The molecule has 0 radical (unpaired) electrons. The predicted octanol–water partition coefficient (Wildman–Crippen LogP) is 2.36. The van der Waals surface area contributed by atoms with Gasteiger partial charge in [-0.25, -0.2) is 22.6 Å². The number of benzene rings is 1. The van der Waals surface area contributed by atoms with Gasteiger partial charge in [-0.3, -0.25) is 0 Å². The van der Waals surface area contributed by atoms with Gasteiger partial charge in [-0.2, -0.15) is 0 Å². The molecule has 1 heterocycles. The van der Waals surface area contributed by atoms with E-state index in [4.69, 9.17) is 0 Å². The van der Waals surface area contributed by atoms with Crippen LogP contribution >= 0.6 is 0 Å². The van der Waals surface area contributed by atoms with Gasteiger partial charge >= 0.3 is 0 Å². The van der Waals surface area contributed by atoms with Crippen molar-refractivity contribution in [3.8, 4) is 0 Å². The molecule has 0 aromatic heterocycles. The van der Waals surface area contributed by atoms with Crippen molar-refractivity contribution in [1.29, 1.82) is 0 Å². The predicted molar refractivity (Wildman–Crippen MR) is 82.1 cm³/mol. The molecule has 1 aromatic rings. The molecule has 8 heteroatoms. The number of alkyl halides is 2. The summed E-state index contributed by atoms with van der Waals surface area (Å²) in [6.45, 7) is 2.62. The molecule has 1 unspecified atom stereocenters. The molecule has 1 atom stereocenters. The average molecular weight is 332 g/mol. The van der Waals surface area contributed by atoms with Gasteiger partial charge in [0.15, 0.2) is 5.96 Å². The Hall–Kier alpha value is -1.99. The summed E-state index contributed by atoms with van der Waals surface area (Å²) in [4.78, 5) is 5.40. The summed E-state index contributed by atoms with van der Waals surface area (Å²) >= 11 is 0. The van der Waals surface area contributed by atoms with Crippen LogP contribution in [0.3, 0.4) is 0 Å². The van der Waals surface area contributed by atoms with Crippen molar-refractivity contribution in [2.45, 2.75) is 25.8 Å².